The first-order valence-corrected chi connectivity index (χ1v) is 8.65. The Hall–Kier alpha value is -2.35. The Labute approximate surface area is 137 Å². The van der Waals surface area contributed by atoms with Crippen LogP contribution in [0.4, 0.5) is 0 Å². The Bertz CT molecular complexity index is 772. The maximum Gasteiger partial charge on any atom is 0.0775 e. The van der Waals surface area contributed by atoms with Crippen LogP contribution in [0.5, 0.6) is 0 Å². The maximum atomic E-state index is 5.02. The van der Waals surface area contributed by atoms with Crippen molar-refractivity contribution in [3.8, 4) is 16.9 Å². The molecule has 0 amide bonds. The van der Waals surface area contributed by atoms with Crippen LogP contribution in [0.25, 0.3) is 16.9 Å². The third-order valence-electron chi connectivity index (χ3n) is 4.71. The highest BCUT2D eigenvalue weighted by Crippen LogP contribution is 2.32. The predicted octanol–water partition coefficient (Wildman–Crippen LogP) is 5.20. The molecule has 4 rings (SSSR count). The molecular weight excluding hydrogens is 280 g/mol. The number of hydrogen-bond acceptors (Lipinski definition) is 1. The van der Waals surface area contributed by atoms with E-state index in [1.807, 2.05) is 0 Å². The highest BCUT2D eigenvalue weighted by Gasteiger charge is 2.20. The highest BCUT2D eigenvalue weighted by molar-refractivity contribution is 5.67. The molecule has 0 saturated heterocycles. The molecule has 3 aromatic rings. The smallest absolute Gasteiger partial charge is 0.0775 e. The van der Waals surface area contributed by atoms with Gasteiger partial charge in [0.05, 0.1) is 17.1 Å². The quantitative estimate of drug-likeness (QED) is 0.636. The third-order valence-corrected chi connectivity index (χ3v) is 4.71. The van der Waals surface area contributed by atoms with Gasteiger partial charge < -0.3 is 0 Å². The molecule has 1 aliphatic carbocycles. The molecule has 0 radical (unpaired) electrons. The fourth-order valence-corrected chi connectivity index (χ4v) is 3.56. The highest BCUT2D eigenvalue weighted by atomic mass is 15.3. The second-order valence-electron chi connectivity index (χ2n) is 6.30. The average Bonchev–Trinajstić information content (AvgIpc) is 2.94. The summed E-state index contributed by atoms with van der Waals surface area (Å²) in [6.45, 7) is 0. The van der Waals surface area contributed by atoms with Gasteiger partial charge in [-0.25, -0.2) is 4.68 Å². The van der Waals surface area contributed by atoms with Crippen LogP contribution in [0.15, 0.2) is 60.7 Å². The lowest BCUT2D eigenvalue weighted by atomic mass is 9.95. The van der Waals surface area contributed by atoms with Crippen LogP contribution in [0.1, 0.15) is 36.9 Å². The van der Waals surface area contributed by atoms with Crippen molar-refractivity contribution in [2.24, 2.45) is 0 Å². The van der Waals surface area contributed by atoms with E-state index in [1.165, 1.54) is 48.2 Å². The second kappa shape index (κ2) is 6.41. The van der Waals surface area contributed by atoms with Gasteiger partial charge in [-0.05, 0) is 37.8 Å². The Morgan fingerprint density at radius 2 is 1.35 bits per heavy atom. The van der Waals surface area contributed by atoms with E-state index < -0.39 is 0 Å². The minimum atomic E-state index is 1.11. The normalized spacial score (nSPS) is 14.8. The molecule has 0 N–H and O–H groups in total. The van der Waals surface area contributed by atoms with Gasteiger partial charge >= 0.3 is 0 Å². The first-order chi connectivity index (χ1) is 11.4. The molecule has 2 aromatic carbocycles. The van der Waals surface area contributed by atoms with Gasteiger partial charge in [0.1, 0.15) is 0 Å². The summed E-state index contributed by atoms with van der Waals surface area (Å²) >= 11 is 0. The average molecular weight is 302 g/mol. The molecule has 2 heteroatoms. The fraction of sp³-hybridized carbons (Fsp3) is 0.286. The van der Waals surface area contributed by atoms with Crippen molar-refractivity contribution in [1.82, 2.24) is 9.78 Å². The van der Waals surface area contributed by atoms with E-state index in [0.717, 1.165) is 18.5 Å². The van der Waals surface area contributed by atoms with Crippen LogP contribution in [0, 0.1) is 0 Å². The molecular formula is C21H22N2. The number of hydrogen-bond donors (Lipinski definition) is 0. The summed E-state index contributed by atoms with van der Waals surface area (Å²) in [4.78, 5) is 0. The summed E-state index contributed by atoms with van der Waals surface area (Å²) in [5, 5.41) is 5.02. The van der Waals surface area contributed by atoms with Crippen molar-refractivity contribution in [1.29, 1.82) is 0 Å². The summed E-state index contributed by atoms with van der Waals surface area (Å²) in [5.74, 6) is 0. The Morgan fingerprint density at radius 1 is 0.696 bits per heavy atom. The molecule has 0 unspecified atom stereocenters. The monoisotopic (exact) mass is 302 g/mol. The van der Waals surface area contributed by atoms with Gasteiger partial charge in [0.15, 0.2) is 0 Å². The van der Waals surface area contributed by atoms with Crippen molar-refractivity contribution in [2.45, 2.75) is 38.5 Å². The van der Waals surface area contributed by atoms with E-state index >= 15 is 0 Å². The van der Waals surface area contributed by atoms with Crippen molar-refractivity contribution in [3.63, 3.8) is 0 Å². The topological polar surface area (TPSA) is 17.8 Å². The standard InChI is InChI=1S/C21H22N2/c1-2-10-16-20-19(15-9-1)21(17-11-5-3-6-12-17)23(22-20)18-13-7-4-8-14-18/h3-8,11-14H,1-2,9-10,15-16H2. The van der Waals surface area contributed by atoms with E-state index in [0.29, 0.717) is 0 Å². The minimum absolute atomic E-state index is 1.11. The zero-order valence-corrected chi connectivity index (χ0v) is 13.4. The van der Waals surface area contributed by atoms with Gasteiger partial charge in [-0.3, -0.25) is 0 Å². The molecule has 0 saturated carbocycles. The minimum Gasteiger partial charge on any atom is -0.233 e. The van der Waals surface area contributed by atoms with Gasteiger partial charge in [0.25, 0.3) is 0 Å². The number of para-hydroxylation sites is 1. The third kappa shape index (κ3) is 2.81. The van der Waals surface area contributed by atoms with E-state index in [9.17, 15) is 0 Å². The first kappa shape index (κ1) is 14.3. The Morgan fingerprint density at radius 3 is 2.09 bits per heavy atom. The van der Waals surface area contributed by atoms with E-state index in [1.54, 1.807) is 0 Å². The van der Waals surface area contributed by atoms with Crippen LogP contribution in [-0.4, -0.2) is 9.78 Å². The lowest BCUT2D eigenvalue weighted by molar-refractivity contribution is 0.611. The molecule has 23 heavy (non-hydrogen) atoms. The van der Waals surface area contributed by atoms with Gasteiger partial charge in [0.2, 0.25) is 0 Å². The lowest BCUT2D eigenvalue weighted by Crippen LogP contribution is -2.00. The van der Waals surface area contributed by atoms with Crippen molar-refractivity contribution in [3.05, 3.63) is 71.9 Å². The molecule has 0 fully saturated rings. The maximum absolute atomic E-state index is 5.02. The molecule has 1 aliphatic rings. The summed E-state index contributed by atoms with van der Waals surface area (Å²) in [6, 6.07) is 21.2. The summed E-state index contributed by atoms with van der Waals surface area (Å²) in [7, 11) is 0. The van der Waals surface area contributed by atoms with Crippen molar-refractivity contribution < 1.29 is 0 Å². The van der Waals surface area contributed by atoms with Gasteiger partial charge in [0, 0.05) is 11.1 Å². The Kier molecular flexibility index (Phi) is 3.97. The first-order valence-electron chi connectivity index (χ1n) is 8.65. The molecule has 0 aliphatic heterocycles. The zero-order chi connectivity index (χ0) is 15.5. The second-order valence-corrected chi connectivity index (χ2v) is 6.30. The summed E-state index contributed by atoms with van der Waals surface area (Å²) < 4.78 is 2.16. The molecule has 2 nitrogen and oxygen atoms in total. The van der Waals surface area contributed by atoms with Crippen LogP contribution < -0.4 is 0 Å². The largest absolute Gasteiger partial charge is 0.233 e. The molecule has 1 aromatic heterocycles. The number of aromatic nitrogens is 2. The molecule has 1 heterocycles. The summed E-state index contributed by atoms with van der Waals surface area (Å²) in [5.41, 5.74) is 6.46. The van der Waals surface area contributed by atoms with Gasteiger partial charge in [-0.2, -0.15) is 5.10 Å². The lowest BCUT2D eigenvalue weighted by Gasteiger charge is -2.12. The van der Waals surface area contributed by atoms with Crippen molar-refractivity contribution >= 4 is 0 Å². The summed E-state index contributed by atoms with van der Waals surface area (Å²) in [6.07, 6.45) is 7.45. The van der Waals surface area contributed by atoms with E-state index in [4.69, 9.17) is 5.10 Å². The number of fused-ring (bicyclic) bond motifs is 1. The molecule has 0 atom stereocenters. The number of rotatable bonds is 2. The number of benzene rings is 2. The predicted molar refractivity (Wildman–Crippen MR) is 94.9 cm³/mol. The Balaban J connectivity index is 1.93. The van der Waals surface area contributed by atoms with E-state index in [-0.39, 0.29) is 0 Å². The van der Waals surface area contributed by atoms with Crippen LogP contribution in [0.2, 0.25) is 0 Å². The zero-order valence-electron chi connectivity index (χ0n) is 13.4. The molecule has 116 valence electrons. The molecule has 0 bridgehead atoms. The van der Waals surface area contributed by atoms with Crippen molar-refractivity contribution in [2.75, 3.05) is 0 Å². The van der Waals surface area contributed by atoms with Crippen LogP contribution >= 0.6 is 0 Å². The number of aryl methyl sites for hydroxylation is 1. The van der Waals surface area contributed by atoms with Gasteiger partial charge in [-0.1, -0.05) is 61.4 Å². The van der Waals surface area contributed by atoms with E-state index in [2.05, 4.69) is 65.3 Å². The molecule has 0 spiro atoms. The van der Waals surface area contributed by atoms with Gasteiger partial charge in [-0.15, -0.1) is 0 Å². The SMILES string of the molecule is c1ccc(-c2c3c(nn2-c2ccccc2)CCCCCC3)cc1. The number of nitrogens with zero attached hydrogens (tertiary/aromatic N) is 2. The van der Waals surface area contributed by atoms with Crippen LogP contribution in [0.3, 0.4) is 0 Å². The van der Waals surface area contributed by atoms with Crippen LogP contribution in [-0.2, 0) is 12.8 Å². The fourth-order valence-electron chi connectivity index (χ4n) is 3.56.